The van der Waals surface area contributed by atoms with Crippen LogP contribution in [0.5, 0.6) is 5.75 Å². The van der Waals surface area contributed by atoms with Gasteiger partial charge in [0.15, 0.2) is 0 Å². The molecule has 192 valence electrons. The average molecular weight is 494 g/mol. The lowest BCUT2D eigenvalue weighted by Gasteiger charge is -2.22. The van der Waals surface area contributed by atoms with Crippen molar-refractivity contribution in [3.05, 3.63) is 59.7 Å². The van der Waals surface area contributed by atoms with Crippen molar-refractivity contribution in [2.45, 2.75) is 50.7 Å². The van der Waals surface area contributed by atoms with Gasteiger partial charge in [0.05, 0.1) is 12.3 Å². The van der Waals surface area contributed by atoms with E-state index in [2.05, 4.69) is 15.6 Å². The third-order valence-corrected chi connectivity index (χ3v) is 6.88. The summed E-state index contributed by atoms with van der Waals surface area (Å²) in [5.41, 5.74) is 2.40. The number of hydrogen-bond donors (Lipinski definition) is 3. The highest BCUT2D eigenvalue weighted by Gasteiger charge is 2.33. The van der Waals surface area contributed by atoms with Crippen molar-refractivity contribution >= 4 is 23.3 Å². The molecule has 1 amide bonds. The molecule has 2 heterocycles. The molecule has 2 atom stereocenters. The molecule has 0 radical (unpaired) electrons. The number of carboxylic acids is 1. The van der Waals surface area contributed by atoms with Gasteiger partial charge in [0.1, 0.15) is 23.6 Å². The number of benzene rings is 2. The molecule has 0 saturated carbocycles. The molecule has 2 aromatic carbocycles. The maximum atomic E-state index is 12.9. The molecule has 8 heteroatoms. The summed E-state index contributed by atoms with van der Waals surface area (Å²) in [6.07, 6.45) is 5.53. The van der Waals surface area contributed by atoms with Gasteiger partial charge in [0.2, 0.25) is 0 Å². The van der Waals surface area contributed by atoms with Gasteiger partial charge in [-0.05, 0) is 68.5 Å². The number of ether oxygens (including phenoxy) is 2. The molecule has 0 aromatic heterocycles. The fraction of sp³-hybridized carbons (Fsp3) is 0.464. The summed E-state index contributed by atoms with van der Waals surface area (Å²) in [5, 5.41) is 15.7. The Hall–Kier alpha value is -3.23. The van der Waals surface area contributed by atoms with Gasteiger partial charge in [-0.15, -0.1) is 0 Å². The first-order chi connectivity index (χ1) is 17.5. The normalized spacial score (nSPS) is 18.2. The number of amides is 1. The first kappa shape index (κ1) is 25.9. The lowest BCUT2D eigenvalue weighted by Crippen LogP contribution is -2.46. The van der Waals surface area contributed by atoms with E-state index in [-0.39, 0.29) is 12.1 Å². The SMILES string of the molecule is COC1C(C(=O)NC(Cc2ccc(OCCCCC3CCNCC3)cc2)C(=O)O)=Nc2ccccc21. The van der Waals surface area contributed by atoms with Crippen LogP contribution in [0, 0.1) is 5.92 Å². The molecule has 1 saturated heterocycles. The maximum Gasteiger partial charge on any atom is 0.326 e. The molecule has 2 unspecified atom stereocenters. The molecule has 36 heavy (non-hydrogen) atoms. The zero-order valence-corrected chi connectivity index (χ0v) is 20.7. The first-order valence-electron chi connectivity index (χ1n) is 12.7. The number of para-hydroxylation sites is 1. The van der Waals surface area contributed by atoms with Crippen LogP contribution in [-0.2, 0) is 20.7 Å². The number of carboxylic acid groups (broad SMARTS) is 1. The van der Waals surface area contributed by atoms with Crippen LogP contribution in [0.25, 0.3) is 0 Å². The zero-order chi connectivity index (χ0) is 25.3. The topological polar surface area (TPSA) is 109 Å². The Balaban J connectivity index is 1.25. The van der Waals surface area contributed by atoms with Crippen molar-refractivity contribution in [3.63, 3.8) is 0 Å². The van der Waals surface area contributed by atoms with E-state index in [9.17, 15) is 14.7 Å². The molecular formula is C28H35N3O5. The Morgan fingerprint density at radius 1 is 1.11 bits per heavy atom. The minimum absolute atomic E-state index is 0.148. The lowest BCUT2D eigenvalue weighted by molar-refractivity contribution is -0.141. The predicted molar refractivity (Wildman–Crippen MR) is 138 cm³/mol. The van der Waals surface area contributed by atoms with E-state index in [4.69, 9.17) is 9.47 Å². The van der Waals surface area contributed by atoms with E-state index >= 15 is 0 Å². The van der Waals surface area contributed by atoms with E-state index in [0.717, 1.165) is 42.3 Å². The number of piperidine rings is 1. The molecule has 2 aromatic rings. The van der Waals surface area contributed by atoms with Gasteiger partial charge in [-0.25, -0.2) is 9.79 Å². The highest BCUT2D eigenvalue weighted by molar-refractivity contribution is 6.42. The minimum atomic E-state index is -1.11. The molecule has 1 fully saturated rings. The largest absolute Gasteiger partial charge is 0.494 e. The van der Waals surface area contributed by atoms with Gasteiger partial charge in [0.25, 0.3) is 5.91 Å². The average Bonchev–Trinajstić information content (AvgIpc) is 3.28. The quantitative estimate of drug-likeness (QED) is 0.388. The second-order valence-electron chi connectivity index (χ2n) is 9.42. The highest BCUT2D eigenvalue weighted by atomic mass is 16.5. The molecule has 8 nitrogen and oxygen atoms in total. The fourth-order valence-corrected chi connectivity index (χ4v) is 4.84. The Morgan fingerprint density at radius 2 is 1.86 bits per heavy atom. The number of aliphatic carboxylic acids is 1. The van der Waals surface area contributed by atoms with Crippen LogP contribution in [0.2, 0.25) is 0 Å². The van der Waals surface area contributed by atoms with E-state index in [0.29, 0.717) is 12.3 Å². The molecule has 4 rings (SSSR count). The van der Waals surface area contributed by atoms with E-state index in [1.165, 1.54) is 32.8 Å². The van der Waals surface area contributed by atoms with Crippen LogP contribution in [0.4, 0.5) is 5.69 Å². The van der Waals surface area contributed by atoms with E-state index in [1.807, 2.05) is 42.5 Å². The third-order valence-electron chi connectivity index (χ3n) is 6.88. The molecule has 2 aliphatic rings. The lowest BCUT2D eigenvalue weighted by atomic mass is 9.93. The van der Waals surface area contributed by atoms with Crippen LogP contribution < -0.4 is 15.4 Å². The van der Waals surface area contributed by atoms with E-state index in [1.54, 1.807) is 6.07 Å². The number of rotatable bonds is 12. The number of carbonyl (C=O) groups excluding carboxylic acids is 1. The Labute approximate surface area is 212 Å². The highest BCUT2D eigenvalue weighted by Crippen LogP contribution is 2.35. The molecule has 0 spiro atoms. The van der Waals surface area contributed by atoms with Gasteiger partial charge in [-0.3, -0.25) is 4.79 Å². The minimum Gasteiger partial charge on any atom is -0.494 e. The Morgan fingerprint density at radius 3 is 2.58 bits per heavy atom. The smallest absolute Gasteiger partial charge is 0.326 e. The molecule has 0 aliphatic carbocycles. The Kier molecular flexibility index (Phi) is 9.08. The number of nitrogens with one attached hydrogen (secondary N) is 2. The molecule has 2 aliphatic heterocycles. The summed E-state index contributed by atoms with van der Waals surface area (Å²) < 4.78 is 11.3. The van der Waals surface area contributed by atoms with Crippen LogP contribution in [-0.4, -0.2) is 55.5 Å². The van der Waals surface area contributed by atoms with Crippen LogP contribution in [0.15, 0.2) is 53.5 Å². The van der Waals surface area contributed by atoms with E-state index < -0.39 is 24.0 Å². The number of carbonyl (C=O) groups is 2. The molecule has 3 N–H and O–H groups in total. The van der Waals surface area contributed by atoms with Crippen molar-refractivity contribution < 1.29 is 24.2 Å². The summed E-state index contributed by atoms with van der Waals surface area (Å²) in [5.74, 6) is -0.0559. The van der Waals surface area contributed by atoms with Crippen molar-refractivity contribution in [1.29, 1.82) is 0 Å². The Bertz CT molecular complexity index is 1060. The van der Waals surface area contributed by atoms with Crippen LogP contribution in [0.1, 0.15) is 49.3 Å². The monoisotopic (exact) mass is 493 g/mol. The molecular weight excluding hydrogens is 458 g/mol. The number of fused-ring (bicyclic) bond motifs is 1. The summed E-state index contributed by atoms with van der Waals surface area (Å²) in [4.78, 5) is 29.2. The van der Waals surface area contributed by atoms with Gasteiger partial charge in [0, 0.05) is 19.1 Å². The van der Waals surface area contributed by atoms with Crippen molar-refractivity contribution in [2.75, 3.05) is 26.8 Å². The number of unbranched alkanes of at least 4 members (excludes halogenated alkanes) is 1. The number of methoxy groups -OCH3 is 1. The number of aliphatic imine (C=N–C) groups is 1. The summed E-state index contributed by atoms with van der Waals surface area (Å²) in [6.45, 7) is 2.94. The number of nitrogens with zero attached hydrogens (tertiary/aromatic N) is 1. The molecule has 0 bridgehead atoms. The fourth-order valence-electron chi connectivity index (χ4n) is 4.84. The van der Waals surface area contributed by atoms with Crippen molar-refractivity contribution in [2.24, 2.45) is 10.9 Å². The second-order valence-corrected chi connectivity index (χ2v) is 9.42. The summed E-state index contributed by atoms with van der Waals surface area (Å²) >= 11 is 0. The van der Waals surface area contributed by atoms with Gasteiger partial charge in [-0.2, -0.15) is 0 Å². The zero-order valence-electron chi connectivity index (χ0n) is 20.7. The summed E-state index contributed by atoms with van der Waals surface area (Å²) in [7, 11) is 1.50. The van der Waals surface area contributed by atoms with Gasteiger partial charge >= 0.3 is 5.97 Å². The standard InChI is InChI=1S/C28H35N3O5/c1-35-26-22-7-2-3-8-23(22)30-25(26)27(32)31-24(28(33)34)18-20-9-11-21(12-10-20)36-17-5-4-6-19-13-15-29-16-14-19/h2-3,7-12,19,24,26,29H,4-6,13-18H2,1H3,(H,31,32)(H,33,34). The summed E-state index contributed by atoms with van der Waals surface area (Å²) in [6, 6.07) is 13.6. The van der Waals surface area contributed by atoms with Crippen LogP contribution >= 0.6 is 0 Å². The van der Waals surface area contributed by atoms with Crippen LogP contribution in [0.3, 0.4) is 0 Å². The first-order valence-corrected chi connectivity index (χ1v) is 12.7. The van der Waals surface area contributed by atoms with Crippen molar-refractivity contribution in [1.82, 2.24) is 10.6 Å². The maximum absolute atomic E-state index is 12.9. The second kappa shape index (κ2) is 12.6. The number of hydrogen-bond acceptors (Lipinski definition) is 6. The van der Waals surface area contributed by atoms with Crippen molar-refractivity contribution in [3.8, 4) is 5.75 Å². The third kappa shape index (κ3) is 6.71. The van der Waals surface area contributed by atoms with Gasteiger partial charge < -0.3 is 25.2 Å². The van der Waals surface area contributed by atoms with Gasteiger partial charge in [-0.1, -0.05) is 36.8 Å². The predicted octanol–water partition coefficient (Wildman–Crippen LogP) is 3.82.